The molecule has 0 aromatic heterocycles. The lowest BCUT2D eigenvalue weighted by Gasteiger charge is -2.19. The van der Waals surface area contributed by atoms with E-state index in [0.717, 1.165) is 19.3 Å². The number of methoxy groups -OCH3 is 1. The first kappa shape index (κ1) is 16.4. The predicted molar refractivity (Wildman–Crippen MR) is 86.5 cm³/mol. The Kier molecular flexibility index (Phi) is 5.32. The first-order chi connectivity index (χ1) is 9.91. The molecule has 1 aliphatic carbocycles. The SMILES string of the molecule is COC1CCCC1NS(=O)(=O)Cc1cccc(C(N)=S)c1. The largest absolute Gasteiger partial charge is 0.389 e. The summed E-state index contributed by atoms with van der Waals surface area (Å²) in [6.07, 6.45) is 2.64. The second-order valence-electron chi connectivity index (χ2n) is 5.25. The van der Waals surface area contributed by atoms with Gasteiger partial charge in [-0.2, -0.15) is 0 Å². The summed E-state index contributed by atoms with van der Waals surface area (Å²) in [6, 6.07) is 6.85. The van der Waals surface area contributed by atoms with Crippen molar-refractivity contribution in [1.29, 1.82) is 0 Å². The molecule has 0 spiro atoms. The summed E-state index contributed by atoms with van der Waals surface area (Å²) in [7, 11) is -1.80. The van der Waals surface area contributed by atoms with Gasteiger partial charge in [0, 0.05) is 18.7 Å². The van der Waals surface area contributed by atoms with Crippen molar-refractivity contribution >= 4 is 27.2 Å². The molecule has 0 saturated heterocycles. The minimum atomic E-state index is -3.42. The minimum Gasteiger partial charge on any atom is -0.389 e. The van der Waals surface area contributed by atoms with Gasteiger partial charge in [-0.25, -0.2) is 13.1 Å². The van der Waals surface area contributed by atoms with E-state index >= 15 is 0 Å². The fourth-order valence-electron chi connectivity index (χ4n) is 2.65. The van der Waals surface area contributed by atoms with Gasteiger partial charge in [-0.1, -0.05) is 30.4 Å². The summed E-state index contributed by atoms with van der Waals surface area (Å²) in [5.74, 6) is -0.0869. The van der Waals surface area contributed by atoms with E-state index in [1.54, 1.807) is 31.4 Å². The van der Waals surface area contributed by atoms with Gasteiger partial charge < -0.3 is 10.5 Å². The Morgan fingerprint density at radius 1 is 1.48 bits per heavy atom. The Bertz CT molecular complexity index is 616. The Balaban J connectivity index is 2.07. The van der Waals surface area contributed by atoms with Crippen LogP contribution in [0.4, 0.5) is 0 Å². The molecule has 3 N–H and O–H groups in total. The zero-order valence-corrected chi connectivity index (χ0v) is 13.5. The van der Waals surface area contributed by atoms with Gasteiger partial charge in [-0.3, -0.25) is 0 Å². The molecular weight excluding hydrogens is 308 g/mol. The molecule has 1 aromatic rings. The molecule has 0 radical (unpaired) electrons. The van der Waals surface area contributed by atoms with E-state index < -0.39 is 10.0 Å². The second kappa shape index (κ2) is 6.83. The minimum absolute atomic E-state index is 0.0391. The average Bonchev–Trinajstić information content (AvgIpc) is 2.84. The zero-order valence-electron chi connectivity index (χ0n) is 11.9. The van der Waals surface area contributed by atoms with E-state index in [-0.39, 0.29) is 22.9 Å². The molecule has 2 atom stereocenters. The van der Waals surface area contributed by atoms with Gasteiger partial charge in [-0.15, -0.1) is 0 Å². The predicted octanol–water partition coefficient (Wildman–Crippen LogP) is 1.31. The van der Waals surface area contributed by atoms with Crippen molar-refractivity contribution in [3.8, 4) is 0 Å². The van der Waals surface area contributed by atoms with Gasteiger partial charge in [0.2, 0.25) is 10.0 Å². The van der Waals surface area contributed by atoms with Gasteiger partial charge in [0.25, 0.3) is 0 Å². The van der Waals surface area contributed by atoms with Crippen molar-refractivity contribution in [1.82, 2.24) is 4.72 Å². The van der Waals surface area contributed by atoms with Crippen molar-refractivity contribution < 1.29 is 13.2 Å². The van der Waals surface area contributed by atoms with Crippen LogP contribution in [0.3, 0.4) is 0 Å². The third kappa shape index (κ3) is 4.47. The molecule has 2 rings (SSSR count). The van der Waals surface area contributed by atoms with Gasteiger partial charge in [0.1, 0.15) is 4.99 Å². The molecule has 2 unspecified atom stereocenters. The highest BCUT2D eigenvalue weighted by atomic mass is 32.2. The van der Waals surface area contributed by atoms with E-state index in [2.05, 4.69) is 4.72 Å². The quantitative estimate of drug-likeness (QED) is 0.770. The van der Waals surface area contributed by atoms with E-state index in [4.69, 9.17) is 22.7 Å². The Hall–Kier alpha value is -1.02. The first-order valence-corrected chi connectivity index (χ1v) is 8.89. The van der Waals surface area contributed by atoms with Crippen molar-refractivity contribution in [3.05, 3.63) is 35.4 Å². The molecule has 116 valence electrons. The molecule has 0 aliphatic heterocycles. The Labute approximate surface area is 130 Å². The molecular formula is C14H20N2O3S2. The molecule has 0 amide bonds. The Morgan fingerprint density at radius 3 is 2.90 bits per heavy atom. The smallest absolute Gasteiger partial charge is 0.216 e. The number of hydrogen-bond acceptors (Lipinski definition) is 4. The Morgan fingerprint density at radius 2 is 2.24 bits per heavy atom. The van der Waals surface area contributed by atoms with Crippen LogP contribution >= 0.6 is 12.2 Å². The second-order valence-corrected chi connectivity index (χ2v) is 7.45. The maximum Gasteiger partial charge on any atom is 0.216 e. The van der Waals surface area contributed by atoms with Crippen LogP contribution in [0.2, 0.25) is 0 Å². The monoisotopic (exact) mass is 328 g/mol. The molecule has 7 heteroatoms. The number of nitrogens with one attached hydrogen (secondary N) is 1. The first-order valence-electron chi connectivity index (χ1n) is 6.83. The highest BCUT2D eigenvalue weighted by Crippen LogP contribution is 2.22. The van der Waals surface area contributed by atoms with Crippen molar-refractivity contribution in [2.24, 2.45) is 5.73 Å². The zero-order chi connectivity index (χ0) is 15.5. The van der Waals surface area contributed by atoms with E-state index in [0.29, 0.717) is 11.1 Å². The number of benzene rings is 1. The van der Waals surface area contributed by atoms with Gasteiger partial charge in [-0.05, 0) is 30.9 Å². The van der Waals surface area contributed by atoms with E-state index in [1.807, 2.05) is 0 Å². The summed E-state index contributed by atoms with van der Waals surface area (Å²) < 4.78 is 32.6. The summed E-state index contributed by atoms with van der Waals surface area (Å²) >= 11 is 4.91. The molecule has 1 saturated carbocycles. The number of ether oxygens (including phenoxy) is 1. The van der Waals surface area contributed by atoms with Crippen LogP contribution in [0.1, 0.15) is 30.4 Å². The third-order valence-corrected chi connectivity index (χ3v) is 5.27. The molecule has 1 aromatic carbocycles. The highest BCUT2D eigenvalue weighted by Gasteiger charge is 2.30. The fraction of sp³-hybridized carbons (Fsp3) is 0.500. The number of nitrogens with two attached hydrogens (primary N) is 1. The van der Waals surface area contributed by atoms with Crippen LogP contribution in [0.25, 0.3) is 0 Å². The molecule has 5 nitrogen and oxygen atoms in total. The van der Waals surface area contributed by atoms with Gasteiger partial charge in [0.05, 0.1) is 11.9 Å². The van der Waals surface area contributed by atoms with Crippen LogP contribution in [0.15, 0.2) is 24.3 Å². The summed E-state index contributed by atoms with van der Waals surface area (Å²) in [4.78, 5) is 0.262. The maximum absolute atomic E-state index is 12.3. The van der Waals surface area contributed by atoms with Gasteiger partial charge in [0.15, 0.2) is 0 Å². The van der Waals surface area contributed by atoms with Crippen LogP contribution in [0, 0.1) is 0 Å². The van der Waals surface area contributed by atoms with Crippen LogP contribution < -0.4 is 10.5 Å². The number of thiocarbonyl (C=S) groups is 1. The van der Waals surface area contributed by atoms with Gasteiger partial charge >= 0.3 is 0 Å². The van der Waals surface area contributed by atoms with Crippen molar-refractivity contribution in [3.63, 3.8) is 0 Å². The standard InChI is InChI=1S/C14H20N2O3S2/c1-19-13-7-3-6-12(13)16-21(17,18)9-10-4-2-5-11(8-10)14(15)20/h2,4-5,8,12-13,16H,3,6-7,9H2,1H3,(H2,15,20). The lowest BCUT2D eigenvalue weighted by Crippen LogP contribution is -2.41. The molecule has 0 bridgehead atoms. The summed E-state index contributed by atoms with van der Waals surface area (Å²) in [5, 5.41) is 0. The van der Waals surface area contributed by atoms with Crippen LogP contribution in [-0.2, 0) is 20.5 Å². The van der Waals surface area contributed by atoms with Crippen LogP contribution in [-0.4, -0.2) is 32.7 Å². The van der Waals surface area contributed by atoms with E-state index in [9.17, 15) is 8.42 Å². The third-order valence-electron chi connectivity index (χ3n) is 3.65. The van der Waals surface area contributed by atoms with Crippen molar-refractivity contribution in [2.45, 2.75) is 37.2 Å². The molecule has 0 heterocycles. The van der Waals surface area contributed by atoms with Crippen molar-refractivity contribution in [2.75, 3.05) is 7.11 Å². The number of rotatable bonds is 6. The lowest BCUT2D eigenvalue weighted by atomic mass is 10.1. The molecule has 21 heavy (non-hydrogen) atoms. The lowest BCUT2D eigenvalue weighted by molar-refractivity contribution is 0.0916. The fourth-order valence-corrected chi connectivity index (χ4v) is 4.21. The summed E-state index contributed by atoms with van der Waals surface area (Å²) in [6.45, 7) is 0. The number of hydrogen-bond donors (Lipinski definition) is 2. The van der Waals surface area contributed by atoms with Crippen LogP contribution in [0.5, 0.6) is 0 Å². The normalized spacial score (nSPS) is 22.3. The highest BCUT2D eigenvalue weighted by molar-refractivity contribution is 7.88. The number of sulfonamides is 1. The average molecular weight is 328 g/mol. The van der Waals surface area contributed by atoms with E-state index in [1.165, 1.54) is 0 Å². The topological polar surface area (TPSA) is 81.4 Å². The molecule has 1 aliphatic rings. The molecule has 1 fully saturated rings. The maximum atomic E-state index is 12.3. The summed E-state index contributed by atoms with van der Waals surface area (Å²) in [5.41, 5.74) is 6.91.